The Morgan fingerprint density at radius 1 is 0.794 bits per heavy atom. The van der Waals surface area contributed by atoms with E-state index in [4.69, 9.17) is 0 Å². The minimum Gasteiger partial charge on any atom is -0.200 e. The third-order valence-electron chi connectivity index (χ3n) is 6.93. The fourth-order valence-electron chi connectivity index (χ4n) is 5.35. The van der Waals surface area contributed by atoms with E-state index in [1.807, 2.05) is 11.3 Å². The molecular formula is C32H36NS+. The average Bonchev–Trinajstić information content (AvgIpc) is 3.10. The van der Waals surface area contributed by atoms with Gasteiger partial charge < -0.3 is 0 Å². The molecule has 0 saturated heterocycles. The molecule has 2 aromatic heterocycles. The van der Waals surface area contributed by atoms with Crippen LogP contribution in [0.4, 0.5) is 0 Å². The second-order valence-electron chi connectivity index (χ2n) is 12.1. The normalized spacial score (nSPS) is 12.8. The summed E-state index contributed by atoms with van der Waals surface area (Å²) in [5.41, 5.74) is 7.21. The van der Waals surface area contributed by atoms with Crippen molar-refractivity contribution in [1.29, 1.82) is 0 Å². The van der Waals surface area contributed by atoms with E-state index >= 15 is 0 Å². The maximum Gasteiger partial charge on any atom is 0.230 e. The predicted octanol–water partition coefficient (Wildman–Crippen LogP) is 8.89. The number of benzene rings is 3. The number of hydrogen-bond acceptors (Lipinski definition) is 1. The molecule has 0 aliphatic rings. The monoisotopic (exact) mass is 466 g/mol. The lowest BCUT2D eigenvalue weighted by Gasteiger charge is -2.24. The summed E-state index contributed by atoms with van der Waals surface area (Å²) in [7, 11) is 2.19. The van der Waals surface area contributed by atoms with Crippen molar-refractivity contribution in [3.63, 3.8) is 0 Å². The van der Waals surface area contributed by atoms with E-state index in [2.05, 4.69) is 121 Å². The van der Waals surface area contributed by atoms with E-state index < -0.39 is 0 Å². The molecule has 34 heavy (non-hydrogen) atoms. The van der Waals surface area contributed by atoms with Crippen LogP contribution in [-0.4, -0.2) is 0 Å². The van der Waals surface area contributed by atoms with Crippen molar-refractivity contribution in [3.05, 3.63) is 77.5 Å². The van der Waals surface area contributed by atoms with Gasteiger partial charge in [-0.3, -0.25) is 0 Å². The van der Waals surface area contributed by atoms with Crippen LogP contribution in [0.3, 0.4) is 0 Å². The van der Waals surface area contributed by atoms with Crippen LogP contribution < -0.4 is 4.57 Å². The standard InChI is InChI=1S/C32H36NS/c1-20-22-11-9-10-12-23(22)27(32(5,6)7)18-25(20)29-30-24(15-16-33(29)8)26-17-21(19-31(2,3)4)13-14-28(26)34-30/h9-18H,19H2,1-8H3/q+1. The molecule has 2 heteroatoms. The van der Waals surface area contributed by atoms with Gasteiger partial charge in [-0.25, -0.2) is 0 Å². The predicted molar refractivity (Wildman–Crippen MR) is 150 cm³/mol. The molecule has 0 saturated carbocycles. The Kier molecular flexibility index (Phi) is 5.37. The van der Waals surface area contributed by atoms with Crippen molar-refractivity contribution in [2.75, 3.05) is 0 Å². The first-order valence-corrected chi connectivity index (χ1v) is 13.1. The van der Waals surface area contributed by atoms with Crippen molar-refractivity contribution in [2.24, 2.45) is 12.5 Å². The Labute approximate surface area is 208 Å². The number of thiophene rings is 1. The SMILES string of the molecule is Cc1c(-c2c3sc4ccc(CC(C)(C)C)cc4c3cc[n+]2C)cc(C(C)(C)C)c2ccccc12. The van der Waals surface area contributed by atoms with E-state index in [0.29, 0.717) is 0 Å². The largest absolute Gasteiger partial charge is 0.230 e. The highest BCUT2D eigenvalue weighted by Gasteiger charge is 2.26. The van der Waals surface area contributed by atoms with E-state index in [-0.39, 0.29) is 10.8 Å². The third-order valence-corrected chi connectivity index (χ3v) is 8.13. The summed E-state index contributed by atoms with van der Waals surface area (Å²) < 4.78 is 5.07. The van der Waals surface area contributed by atoms with Gasteiger partial charge in [0.25, 0.3) is 0 Å². The molecule has 174 valence electrons. The van der Waals surface area contributed by atoms with Crippen LogP contribution in [0.15, 0.2) is 60.8 Å². The van der Waals surface area contributed by atoms with Crippen LogP contribution in [0, 0.1) is 12.3 Å². The second kappa shape index (κ2) is 7.92. The zero-order valence-corrected chi connectivity index (χ0v) is 22.7. The van der Waals surface area contributed by atoms with Crippen molar-refractivity contribution in [3.8, 4) is 11.3 Å². The lowest BCUT2D eigenvalue weighted by atomic mass is 9.80. The van der Waals surface area contributed by atoms with Crippen molar-refractivity contribution in [2.45, 2.75) is 60.3 Å². The zero-order chi connectivity index (χ0) is 24.4. The van der Waals surface area contributed by atoms with Crippen LogP contribution >= 0.6 is 11.3 Å². The molecule has 1 nitrogen and oxygen atoms in total. The van der Waals surface area contributed by atoms with Gasteiger partial charge >= 0.3 is 0 Å². The lowest BCUT2D eigenvalue weighted by molar-refractivity contribution is -0.659. The van der Waals surface area contributed by atoms with Gasteiger partial charge in [-0.1, -0.05) is 71.9 Å². The van der Waals surface area contributed by atoms with Gasteiger partial charge in [-0.05, 0) is 69.8 Å². The molecule has 0 aliphatic heterocycles. The zero-order valence-electron chi connectivity index (χ0n) is 21.8. The van der Waals surface area contributed by atoms with Crippen LogP contribution in [0.2, 0.25) is 0 Å². The number of aromatic nitrogens is 1. The molecular weight excluding hydrogens is 430 g/mol. The summed E-state index contributed by atoms with van der Waals surface area (Å²) in [6.45, 7) is 16.2. The highest BCUT2D eigenvalue weighted by atomic mass is 32.1. The summed E-state index contributed by atoms with van der Waals surface area (Å²) in [6, 6.07) is 20.7. The second-order valence-corrected chi connectivity index (χ2v) is 13.1. The van der Waals surface area contributed by atoms with Gasteiger partial charge in [-0.15, -0.1) is 11.3 Å². The first-order valence-electron chi connectivity index (χ1n) is 12.3. The van der Waals surface area contributed by atoms with E-state index in [1.165, 1.54) is 58.9 Å². The first-order chi connectivity index (χ1) is 15.9. The van der Waals surface area contributed by atoms with Gasteiger partial charge in [0.2, 0.25) is 5.69 Å². The molecule has 0 fully saturated rings. The lowest BCUT2D eigenvalue weighted by Crippen LogP contribution is -2.30. The molecule has 3 aromatic carbocycles. The van der Waals surface area contributed by atoms with E-state index in [1.54, 1.807) is 0 Å². The van der Waals surface area contributed by atoms with Gasteiger partial charge in [0.1, 0.15) is 11.7 Å². The van der Waals surface area contributed by atoms with E-state index in [9.17, 15) is 0 Å². The van der Waals surface area contributed by atoms with Crippen LogP contribution in [0.1, 0.15) is 58.2 Å². The van der Waals surface area contributed by atoms with Gasteiger partial charge in [0.05, 0.1) is 5.56 Å². The molecule has 0 bridgehead atoms. The minimum atomic E-state index is 0.0660. The van der Waals surface area contributed by atoms with Gasteiger partial charge in [0, 0.05) is 21.5 Å². The minimum absolute atomic E-state index is 0.0660. The van der Waals surface area contributed by atoms with Crippen molar-refractivity contribution >= 4 is 42.3 Å². The quantitative estimate of drug-likeness (QED) is 0.229. The van der Waals surface area contributed by atoms with Gasteiger partial charge in [0.15, 0.2) is 6.20 Å². The average molecular weight is 467 g/mol. The highest BCUT2D eigenvalue weighted by Crippen LogP contribution is 2.43. The first kappa shape index (κ1) is 23.1. The molecule has 5 rings (SSSR count). The molecule has 0 unspecified atom stereocenters. The Hall–Kier alpha value is -2.71. The van der Waals surface area contributed by atoms with Crippen molar-refractivity contribution in [1.82, 2.24) is 0 Å². The third kappa shape index (κ3) is 3.92. The number of rotatable bonds is 2. The molecule has 5 aromatic rings. The molecule has 0 amide bonds. The fraction of sp³-hybridized carbons (Fsp3) is 0.344. The number of fused-ring (bicyclic) bond motifs is 4. The molecule has 0 radical (unpaired) electrons. The number of pyridine rings is 1. The number of hydrogen-bond donors (Lipinski definition) is 0. The van der Waals surface area contributed by atoms with E-state index in [0.717, 1.165) is 6.42 Å². The molecule has 0 spiro atoms. The number of nitrogens with zero attached hydrogens (tertiary/aromatic N) is 1. The van der Waals surface area contributed by atoms with Gasteiger partial charge in [-0.2, -0.15) is 4.57 Å². The Bertz CT molecular complexity index is 1550. The summed E-state index contributed by atoms with van der Waals surface area (Å²) in [4.78, 5) is 0. The highest BCUT2D eigenvalue weighted by molar-refractivity contribution is 7.26. The van der Waals surface area contributed by atoms with Crippen molar-refractivity contribution < 1.29 is 4.57 Å². The topological polar surface area (TPSA) is 3.88 Å². The maximum atomic E-state index is 2.46. The summed E-state index contributed by atoms with van der Waals surface area (Å²) in [5.74, 6) is 0. The molecule has 2 heterocycles. The van der Waals surface area contributed by atoms with Crippen LogP contribution in [0.25, 0.3) is 42.2 Å². The maximum absolute atomic E-state index is 2.46. The Morgan fingerprint density at radius 2 is 1.50 bits per heavy atom. The molecule has 0 N–H and O–H groups in total. The summed E-state index contributed by atoms with van der Waals surface area (Å²) in [5, 5.41) is 5.48. The number of aryl methyl sites for hydroxylation is 2. The summed E-state index contributed by atoms with van der Waals surface area (Å²) >= 11 is 1.93. The fourth-order valence-corrected chi connectivity index (χ4v) is 6.62. The smallest absolute Gasteiger partial charge is 0.200 e. The Morgan fingerprint density at radius 3 is 2.18 bits per heavy atom. The van der Waals surface area contributed by atoms with Crippen LogP contribution in [0.5, 0.6) is 0 Å². The molecule has 0 aliphatic carbocycles. The van der Waals surface area contributed by atoms with Crippen LogP contribution in [-0.2, 0) is 18.9 Å². The Balaban J connectivity index is 1.83. The summed E-state index contributed by atoms with van der Waals surface area (Å²) in [6.07, 6.45) is 3.33. The molecule has 0 atom stereocenters.